The zero-order valence-corrected chi connectivity index (χ0v) is 14.1. The molecule has 2 aromatic carbocycles. The summed E-state index contributed by atoms with van der Waals surface area (Å²) in [5.41, 5.74) is 5.23. The fourth-order valence-electron chi connectivity index (χ4n) is 2.71. The molecule has 0 spiro atoms. The predicted molar refractivity (Wildman–Crippen MR) is 104 cm³/mol. The number of para-hydroxylation sites is 1. The van der Waals surface area contributed by atoms with Crippen LogP contribution in [0.3, 0.4) is 0 Å². The van der Waals surface area contributed by atoms with Crippen LogP contribution in [-0.2, 0) is 0 Å². The highest BCUT2D eigenvalue weighted by atomic mass is 16.6. The van der Waals surface area contributed by atoms with Crippen molar-refractivity contribution in [2.75, 3.05) is 5.43 Å². The number of hydrogen-bond acceptors (Lipinski definition) is 6. The molecule has 7 heteroatoms. The molecule has 132 valence electrons. The second kappa shape index (κ2) is 7.09. The lowest BCUT2D eigenvalue weighted by Crippen LogP contribution is -1.92. The highest BCUT2D eigenvalue weighted by Gasteiger charge is 2.09. The van der Waals surface area contributed by atoms with Gasteiger partial charge in [0, 0.05) is 29.3 Å². The third-order valence-electron chi connectivity index (χ3n) is 3.98. The number of benzene rings is 2. The van der Waals surface area contributed by atoms with Gasteiger partial charge in [-0.05, 0) is 24.3 Å². The van der Waals surface area contributed by atoms with Gasteiger partial charge in [-0.1, -0.05) is 30.3 Å². The van der Waals surface area contributed by atoms with Crippen LogP contribution in [-0.4, -0.2) is 16.1 Å². The number of rotatable bonds is 5. The Morgan fingerprint density at radius 2 is 1.93 bits per heavy atom. The van der Waals surface area contributed by atoms with Crippen molar-refractivity contribution in [1.82, 2.24) is 4.98 Å². The lowest BCUT2D eigenvalue weighted by Gasteiger charge is -2.03. The number of nitrogens with zero attached hydrogens (tertiary/aromatic N) is 3. The molecule has 0 aliphatic rings. The number of fused-ring (bicyclic) bond motifs is 1. The van der Waals surface area contributed by atoms with Crippen molar-refractivity contribution in [3.8, 4) is 11.3 Å². The van der Waals surface area contributed by atoms with E-state index in [-0.39, 0.29) is 5.69 Å². The van der Waals surface area contributed by atoms with Crippen LogP contribution in [0.15, 0.2) is 82.4 Å². The number of hydrogen-bond donors (Lipinski definition) is 1. The van der Waals surface area contributed by atoms with Crippen molar-refractivity contribution in [1.29, 1.82) is 0 Å². The third kappa shape index (κ3) is 3.52. The predicted octanol–water partition coefficient (Wildman–Crippen LogP) is 4.85. The summed E-state index contributed by atoms with van der Waals surface area (Å²) < 4.78 is 5.70. The zero-order valence-electron chi connectivity index (χ0n) is 14.1. The van der Waals surface area contributed by atoms with Gasteiger partial charge < -0.3 is 4.42 Å². The molecule has 4 rings (SSSR count). The van der Waals surface area contributed by atoms with E-state index in [1.165, 1.54) is 12.1 Å². The van der Waals surface area contributed by atoms with Gasteiger partial charge >= 0.3 is 0 Å². The molecule has 4 aromatic rings. The van der Waals surface area contributed by atoms with Crippen molar-refractivity contribution >= 4 is 28.5 Å². The summed E-state index contributed by atoms with van der Waals surface area (Å²) in [5, 5.41) is 16.1. The molecule has 0 radical (unpaired) electrons. The Hall–Kier alpha value is -4.00. The van der Waals surface area contributed by atoms with E-state index in [0.29, 0.717) is 17.1 Å². The Bertz CT molecular complexity index is 1150. The summed E-state index contributed by atoms with van der Waals surface area (Å²) in [7, 11) is 0. The molecule has 0 saturated carbocycles. The molecular formula is C20H14N4O3. The number of nitro groups is 1. The molecule has 0 atom stereocenters. The first-order valence-corrected chi connectivity index (χ1v) is 8.18. The van der Waals surface area contributed by atoms with Crippen molar-refractivity contribution in [2.45, 2.75) is 0 Å². The average Bonchev–Trinajstić information content (AvgIpc) is 3.17. The van der Waals surface area contributed by atoms with E-state index in [1.54, 1.807) is 36.7 Å². The fourth-order valence-corrected chi connectivity index (χ4v) is 2.71. The highest BCUT2D eigenvalue weighted by Crippen LogP contribution is 2.25. The maximum Gasteiger partial charge on any atom is 0.270 e. The topological polar surface area (TPSA) is 93.6 Å². The minimum Gasteiger partial charge on any atom is -0.455 e. The second-order valence-corrected chi connectivity index (χ2v) is 5.76. The normalized spacial score (nSPS) is 11.1. The largest absolute Gasteiger partial charge is 0.455 e. The molecule has 0 amide bonds. The quantitative estimate of drug-likeness (QED) is 0.313. The average molecular weight is 358 g/mol. The first kappa shape index (κ1) is 16.5. The van der Waals surface area contributed by atoms with Gasteiger partial charge in [-0.25, -0.2) is 0 Å². The Morgan fingerprint density at radius 3 is 2.81 bits per heavy atom. The molecular weight excluding hydrogens is 344 g/mol. The Balaban J connectivity index is 1.52. The van der Waals surface area contributed by atoms with E-state index < -0.39 is 4.92 Å². The molecule has 0 aliphatic carbocycles. The standard InChI is InChI=1S/C20H14N4O3/c25-24(26)16-7-1-5-15(12-16)19-10-9-17(27-19)13-22-23-18-8-2-4-14-6-3-11-21-20(14)18/h1-13,23H/b22-13+. The number of nitrogens with one attached hydrogen (secondary N) is 1. The minimum atomic E-state index is -0.434. The Labute approximate surface area is 154 Å². The van der Waals surface area contributed by atoms with Crippen molar-refractivity contribution in [3.63, 3.8) is 0 Å². The van der Waals surface area contributed by atoms with Crippen LogP contribution in [0.5, 0.6) is 0 Å². The van der Waals surface area contributed by atoms with Crippen molar-refractivity contribution < 1.29 is 9.34 Å². The van der Waals surface area contributed by atoms with Crippen LogP contribution >= 0.6 is 0 Å². The summed E-state index contributed by atoms with van der Waals surface area (Å²) >= 11 is 0. The van der Waals surface area contributed by atoms with Crippen molar-refractivity contribution in [3.05, 3.63) is 88.8 Å². The molecule has 0 bridgehead atoms. The van der Waals surface area contributed by atoms with Gasteiger partial charge in [-0.2, -0.15) is 5.10 Å². The number of aromatic nitrogens is 1. The van der Waals surface area contributed by atoms with Crippen LogP contribution in [0.2, 0.25) is 0 Å². The van der Waals surface area contributed by atoms with E-state index in [9.17, 15) is 10.1 Å². The monoisotopic (exact) mass is 358 g/mol. The molecule has 1 N–H and O–H groups in total. The summed E-state index contributed by atoms with van der Waals surface area (Å²) in [6.45, 7) is 0. The van der Waals surface area contributed by atoms with Gasteiger partial charge in [0.1, 0.15) is 11.5 Å². The number of anilines is 1. The first-order chi connectivity index (χ1) is 13.2. The van der Waals surface area contributed by atoms with Gasteiger partial charge in [-0.15, -0.1) is 0 Å². The molecule has 0 saturated heterocycles. The van der Waals surface area contributed by atoms with E-state index in [4.69, 9.17) is 4.42 Å². The Kier molecular flexibility index (Phi) is 4.32. The summed E-state index contributed by atoms with van der Waals surface area (Å²) in [5.74, 6) is 1.06. The van der Waals surface area contributed by atoms with E-state index in [2.05, 4.69) is 15.5 Å². The molecule has 0 fully saturated rings. The first-order valence-electron chi connectivity index (χ1n) is 8.18. The summed E-state index contributed by atoms with van der Waals surface area (Å²) in [6.07, 6.45) is 3.28. The lowest BCUT2D eigenvalue weighted by molar-refractivity contribution is -0.384. The molecule has 7 nitrogen and oxygen atoms in total. The fraction of sp³-hybridized carbons (Fsp3) is 0. The molecule has 2 heterocycles. The minimum absolute atomic E-state index is 0.0178. The van der Waals surface area contributed by atoms with Gasteiger partial charge in [0.2, 0.25) is 0 Å². The van der Waals surface area contributed by atoms with Gasteiger partial charge in [0.15, 0.2) is 0 Å². The smallest absolute Gasteiger partial charge is 0.270 e. The van der Waals surface area contributed by atoms with E-state index in [1.807, 2.05) is 30.3 Å². The maximum atomic E-state index is 10.9. The molecule has 0 aliphatic heterocycles. The molecule has 0 unspecified atom stereocenters. The zero-order chi connectivity index (χ0) is 18.6. The highest BCUT2D eigenvalue weighted by molar-refractivity contribution is 5.90. The summed E-state index contributed by atoms with van der Waals surface area (Å²) in [4.78, 5) is 14.8. The number of hydrazone groups is 1. The van der Waals surface area contributed by atoms with Gasteiger partial charge in [0.25, 0.3) is 5.69 Å². The molecule has 2 aromatic heterocycles. The number of non-ortho nitro benzene ring substituents is 1. The van der Waals surface area contributed by atoms with E-state index in [0.717, 1.165) is 16.6 Å². The van der Waals surface area contributed by atoms with Crippen LogP contribution in [0, 0.1) is 10.1 Å². The van der Waals surface area contributed by atoms with Crippen LogP contribution < -0.4 is 5.43 Å². The molecule has 27 heavy (non-hydrogen) atoms. The number of furan rings is 1. The van der Waals surface area contributed by atoms with Crippen LogP contribution in [0.1, 0.15) is 5.76 Å². The number of pyridine rings is 1. The Morgan fingerprint density at radius 1 is 1.07 bits per heavy atom. The second-order valence-electron chi connectivity index (χ2n) is 5.76. The summed E-state index contributed by atoms with van der Waals surface area (Å²) in [6, 6.07) is 19.5. The number of nitro benzene ring substituents is 1. The van der Waals surface area contributed by atoms with Gasteiger partial charge in [0.05, 0.1) is 22.3 Å². The van der Waals surface area contributed by atoms with Crippen molar-refractivity contribution in [2.24, 2.45) is 5.10 Å². The third-order valence-corrected chi connectivity index (χ3v) is 3.98. The lowest BCUT2D eigenvalue weighted by atomic mass is 10.1. The SMILES string of the molecule is O=[N+]([O-])c1cccc(-c2ccc(/C=N/Nc3cccc4cccnc34)o2)c1. The van der Waals surface area contributed by atoms with Crippen LogP contribution in [0.4, 0.5) is 11.4 Å². The van der Waals surface area contributed by atoms with Gasteiger partial charge in [-0.3, -0.25) is 20.5 Å². The van der Waals surface area contributed by atoms with Crippen LogP contribution in [0.25, 0.3) is 22.2 Å². The maximum absolute atomic E-state index is 10.9. The van der Waals surface area contributed by atoms with E-state index >= 15 is 0 Å².